The average molecular weight is 423 g/mol. The highest BCUT2D eigenvalue weighted by molar-refractivity contribution is 6.36. The van der Waals surface area contributed by atoms with Crippen LogP contribution in [0.1, 0.15) is 31.0 Å². The van der Waals surface area contributed by atoms with Crippen molar-refractivity contribution >= 4 is 35.0 Å². The van der Waals surface area contributed by atoms with E-state index in [1.54, 1.807) is 18.4 Å². The minimum absolute atomic E-state index is 0.0415. The predicted octanol–water partition coefficient (Wildman–Crippen LogP) is 5.12. The molecule has 7 heteroatoms. The van der Waals surface area contributed by atoms with Crippen molar-refractivity contribution < 1.29 is 0 Å². The summed E-state index contributed by atoms with van der Waals surface area (Å²) in [5.74, 6) is 0.894. The van der Waals surface area contributed by atoms with E-state index in [4.69, 9.17) is 22.7 Å². The van der Waals surface area contributed by atoms with E-state index in [1.165, 1.54) is 6.20 Å². The summed E-state index contributed by atoms with van der Waals surface area (Å²) in [5.41, 5.74) is 8.73. The van der Waals surface area contributed by atoms with Crippen LogP contribution < -0.4 is 16.4 Å². The molecule has 0 saturated carbocycles. The van der Waals surface area contributed by atoms with Gasteiger partial charge in [0.15, 0.2) is 5.82 Å². The second-order valence-corrected chi connectivity index (χ2v) is 6.86. The van der Waals surface area contributed by atoms with Crippen LogP contribution >= 0.6 is 11.6 Å². The highest BCUT2D eigenvalue weighted by Gasteiger charge is 2.16. The van der Waals surface area contributed by atoms with Crippen molar-refractivity contribution in [1.82, 2.24) is 10.3 Å². The Morgan fingerprint density at radius 1 is 1.37 bits per heavy atom. The summed E-state index contributed by atoms with van der Waals surface area (Å²) in [6.45, 7) is 12.4. The maximum Gasteiger partial charge on any atom is 0.152 e. The number of hydrogen-bond donors (Lipinski definition) is 4. The molecule has 1 aromatic heterocycles. The molecule has 2 aromatic rings. The van der Waals surface area contributed by atoms with Crippen LogP contribution in [-0.2, 0) is 0 Å². The van der Waals surface area contributed by atoms with Gasteiger partial charge in [-0.15, -0.1) is 0 Å². The summed E-state index contributed by atoms with van der Waals surface area (Å²) in [7, 11) is 0. The lowest BCUT2D eigenvalue weighted by Crippen LogP contribution is -2.23. The number of hydrogen-bond acceptors (Lipinski definition) is 6. The summed E-state index contributed by atoms with van der Waals surface area (Å²) in [6.07, 6.45) is 6.42. The van der Waals surface area contributed by atoms with Gasteiger partial charge in [-0.1, -0.05) is 61.2 Å². The van der Waals surface area contributed by atoms with Crippen molar-refractivity contribution in [2.45, 2.75) is 19.9 Å². The maximum absolute atomic E-state index is 8.43. The minimum Gasteiger partial charge on any atom is -0.397 e. The van der Waals surface area contributed by atoms with E-state index < -0.39 is 0 Å². The highest BCUT2D eigenvalue weighted by Crippen LogP contribution is 2.31. The normalized spacial score (nSPS) is 12.4. The lowest BCUT2D eigenvalue weighted by Gasteiger charge is -2.19. The first-order valence-electron chi connectivity index (χ1n) is 9.52. The lowest BCUT2D eigenvalue weighted by atomic mass is 10.0. The number of nitrogens with two attached hydrogens (primary N) is 1. The van der Waals surface area contributed by atoms with Gasteiger partial charge >= 0.3 is 0 Å². The second kappa shape index (κ2) is 11.0. The Kier molecular flexibility index (Phi) is 8.38. The Hall–Kier alpha value is -3.38. The Balaban J connectivity index is 2.16. The third-order valence-corrected chi connectivity index (χ3v) is 4.72. The zero-order chi connectivity index (χ0) is 22.1. The van der Waals surface area contributed by atoms with Gasteiger partial charge < -0.3 is 16.4 Å². The van der Waals surface area contributed by atoms with Crippen LogP contribution in [-0.4, -0.2) is 23.5 Å². The number of nitrogens with zero attached hydrogens (tertiary/aromatic N) is 2. The quantitative estimate of drug-likeness (QED) is 0.315. The van der Waals surface area contributed by atoms with Gasteiger partial charge in [0.1, 0.15) is 5.02 Å². The highest BCUT2D eigenvalue weighted by atomic mass is 35.5. The summed E-state index contributed by atoms with van der Waals surface area (Å²) in [6, 6.07) is 10.0. The van der Waals surface area contributed by atoms with Crippen molar-refractivity contribution in [3.63, 3.8) is 0 Å². The van der Waals surface area contributed by atoms with Crippen LogP contribution in [0.2, 0.25) is 5.02 Å². The first-order valence-corrected chi connectivity index (χ1v) is 9.90. The third kappa shape index (κ3) is 5.81. The number of allylic oxidation sites excluding steroid dienone is 3. The van der Waals surface area contributed by atoms with E-state index in [0.717, 1.165) is 5.56 Å². The van der Waals surface area contributed by atoms with Crippen molar-refractivity contribution in [3.05, 3.63) is 89.4 Å². The molecular weight excluding hydrogens is 396 g/mol. The summed E-state index contributed by atoms with van der Waals surface area (Å²) >= 11 is 6.43. The number of rotatable bonds is 10. The number of benzene rings is 1. The van der Waals surface area contributed by atoms with Crippen LogP contribution in [0.4, 0.5) is 11.5 Å². The number of nitrogen functional groups attached to an aromatic ring is 1. The molecule has 156 valence electrons. The van der Waals surface area contributed by atoms with E-state index in [1.807, 2.05) is 44.2 Å². The van der Waals surface area contributed by atoms with Gasteiger partial charge in [-0.2, -0.15) is 0 Å². The molecule has 0 spiro atoms. The van der Waals surface area contributed by atoms with Gasteiger partial charge in [0, 0.05) is 36.1 Å². The molecule has 2 rings (SSSR count). The molecular formula is C23H27ClN6. The summed E-state index contributed by atoms with van der Waals surface area (Å²) in [5, 5.41) is 15.0. The number of aliphatic imine (C=N–C) groups is 1. The maximum atomic E-state index is 8.43. The van der Waals surface area contributed by atoms with Crippen LogP contribution in [0, 0.1) is 5.41 Å². The van der Waals surface area contributed by atoms with E-state index >= 15 is 0 Å². The molecule has 0 aliphatic heterocycles. The Bertz CT molecular complexity index is 979. The SMILES string of the molecule is C=C/C(=C\C=NCC)C(=N)c1cnc(NC(=C)N[C@H](C)c2ccccc2)c(Cl)c1N. The van der Waals surface area contributed by atoms with E-state index in [9.17, 15) is 0 Å². The van der Waals surface area contributed by atoms with Crippen molar-refractivity contribution in [2.75, 3.05) is 17.6 Å². The Morgan fingerprint density at radius 3 is 2.70 bits per heavy atom. The molecule has 0 amide bonds. The predicted molar refractivity (Wildman–Crippen MR) is 129 cm³/mol. The molecule has 0 aliphatic carbocycles. The number of anilines is 2. The van der Waals surface area contributed by atoms with Crippen molar-refractivity contribution in [2.24, 2.45) is 4.99 Å². The molecule has 0 bridgehead atoms. The lowest BCUT2D eigenvalue weighted by molar-refractivity contribution is 0.658. The molecule has 1 atom stereocenters. The van der Waals surface area contributed by atoms with Gasteiger partial charge in [-0.3, -0.25) is 10.4 Å². The molecule has 1 aromatic carbocycles. The molecule has 30 heavy (non-hydrogen) atoms. The fourth-order valence-electron chi connectivity index (χ4n) is 2.70. The molecule has 0 unspecified atom stereocenters. The monoisotopic (exact) mass is 422 g/mol. The van der Waals surface area contributed by atoms with Crippen LogP contribution in [0.3, 0.4) is 0 Å². The Labute approximate surface area is 182 Å². The van der Waals surface area contributed by atoms with Crippen LogP contribution in [0.25, 0.3) is 0 Å². The number of pyridine rings is 1. The molecule has 1 heterocycles. The minimum atomic E-state index is 0.0415. The molecule has 0 fully saturated rings. The first-order chi connectivity index (χ1) is 14.4. The molecule has 0 saturated heterocycles. The molecule has 6 nitrogen and oxygen atoms in total. The van der Waals surface area contributed by atoms with Crippen LogP contribution in [0.5, 0.6) is 0 Å². The topological polar surface area (TPSA) is 99.2 Å². The van der Waals surface area contributed by atoms with Crippen LogP contribution in [0.15, 0.2) is 78.2 Å². The van der Waals surface area contributed by atoms with Gasteiger partial charge in [-0.05, 0) is 25.5 Å². The third-order valence-electron chi connectivity index (χ3n) is 4.34. The van der Waals surface area contributed by atoms with E-state index in [0.29, 0.717) is 29.3 Å². The standard InChI is InChI=1S/C23H27ClN6/c1-5-17(12-13-27-6-2)21(25)19-14-28-23(20(24)22(19)26)30-16(4)29-15(3)18-10-8-7-9-11-18/h5,7-15,25,29H,1,4,6H2,2-3H3,(H3,26,28,30)/b17-12+,25-21?,27-13?/t15-/m1/s1. The fraction of sp³-hybridized carbons (Fsp3) is 0.174. The smallest absolute Gasteiger partial charge is 0.152 e. The zero-order valence-electron chi connectivity index (χ0n) is 17.2. The van der Waals surface area contributed by atoms with Crippen molar-refractivity contribution in [1.29, 1.82) is 5.41 Å². The van der Waals surface area contributed by atoms with Gasteiger partial charge in [0.05, 0.1) is 17.2 Å². The van der Waals surface area contributed by atoms with Gasteiger partial charge in [0.2, 0.25) is 0 Å². The first kappa shape index (κ1) is 22.9. The Morgan fingerprint density at radius 2 is 2.07 bits per heavy atom. The fourth-order valence-corrected chi connectivity index (χ4v) is 2.90. The number of aromatic nitrogens is 1. The summed E-state index contributed by atoms with van der Waals surface area (Å²) in [4.78, 5) is 8.46. The number of nitrogens with one attached hydrogen (secondary N) is 3. The molecule has 5 N–H and O–H groups in total. The molecule has 0 aliphatic rings. The van der Waals surface area contributed by atoms with E-state index in [-0.39, 0.29) is 22.5 Å². The zero-order valence-corrected chi connectivity index (χ0v) is 18.0. The van der Waals surface area contributed by atoms with Crippen molar-refractivity contribution in [3.8, 4) is 0 Å². The number of halogens is 1. The van der Waals surface area contributed by atoms with Gasteiger partial charge in [-0.25, -0.2) is 4.98 Å². The van der Waals surface area contributed by atoms with E-state index in [2.05, 4.69) is 33.8 Å². The summed E-state index contributed by atoms with van der Waals surface area (Å²) < 4.78 is 0. The second-order valence-electron chi connectivity index (χ2n) is 6.48. The molecule has 0 radical (unpaired) electrons. The average Bonchev–Trinajstić information content (AvgIpc) is 2.75. The van der Waals surface area contributed by atoms with Gasteiger partial charge in [0.25, 0.3) is 0 Å². The largest absolute Gasteiger partial charge is 0.397 e.